The molecule has 1 aromatic heterocycles. The van der Waals surface area contributed by atoms with E-state index in [-0.39, 0.29) is 17.3 Å². The van der Waals surface area contributed by atoms with E-state index in [1.807, 2.05) is 6.07 Å². The van der Waals surface area contributed by atoms with Crippen molar-refractivity contribution >= 4 is 35.2 Å². The Balaban J connectivity index is 2.26. The van der Waals surface area contributed by atoms with E-state index in [1.54, 1.807) is 37.6 Å². The number of benzene rings is 1. The number of carbonyl (C=O) groups is 1. The normalized spacial score (nSPS) is 10.1. The van der Waals surface area contributed by atoms with Crippen molar-refractivity contribution in [2.45, 2.75) is 11.7 Å². The van der Waals surface area contributed by atoms with Gasteiger partial charge in [-0.2, -0.15) is 10.2 Å². The first-order chi connectivity index (χ1) is 12.4. The number of nitriles is 1. The fourth-order valence-corrected chi connectivity index (χ4v) is 2.67. The van der Waals surface area contributed by atoms with Crippen molar-refractivity contribution in [2.75, 3.05) is 36.4 Å². The number of amides is 2. The summed E-state index contributed by atoms with van der Waals surface area (Å²) in [5.74, 6) is 0.208. The first-order valence-corrected chi connectivity index (χ1v) is 8.68. The summed E-state index contributed by atoms with van der Waals surface area (Å²) in [6, 6.07) is 8.02. The largest absolute Gasteiger partial charge is 0.368 e. The number of halogens is 1. The van der Waals surface area contributed by atoms with E-state index < -0.39 is 12.7 Å². The zero-order valence-corrected chi connectivity index (χ0v) is 15.3. The van der Waals surface area contributed by atoms with Crippen LogP contribution in [0.5, 0.6) is 0 Å². The molecule has 3 N–H and O–H groups in total. The lowest BCUT2D eigenvalue weighted by Gasteiger charge is -2.30. The number of nitrogen functional groups attached to an aromatic ring is 1. The molecule has 26 heavy (non-hydrogen) atoms. The van der Waals surface area contributed by atoms with E-state index in [4.69, 9.17) is 5.73 Å². The van der Waals surface area contributed by atoms with E-state index in [1.165, 1.54) is 28.8 Å². The van der Waals surface area contributed by atoms with Gasteiger partial charge in [-0.25, -0.2) is 19.2 Å². The summed E-state index contributed by atoms with van der Waals surface area (Å²) in [5.41, 5.74) is 6.83. The molecule has 136 valence electrons. The fraction of sp³-hybridized carbons (Fsp3) is 0.250. The van der Waals surface area contributed by atoms with E-state index in [0.717, 1.165) is 0 Å². The monoisotopic (exact) mass is 375 g/mol. The number of hydrogen-bond donors (Lipinski definition) is 2. The maximum Gasteiger partial charge on any atom is 0.340 e. The Kier molecular flexibility index (Phi) is 6.19. The van der Waals surface area contributed by atoms with Crippen molar-refractivity contribution in [3.05, 3.63) is 35.4 Å². The standard InChI is InChI=1S/C16H18FN7OS/c1-23(13-12(9-18)14(26-3)22-15(19)21-13)24(2)16(25)20-11-6-4-5-10(7-11)8-17/h4-7H,8H2,1-3H3,(H,20,25)(H2,19,21,22). The summed E-state index contributed by atoms with van der Waals surface area (Å²) in [7, 11) is 3.08. The Labute approximate surface area is 154 Å². The van der Waals surface area contributed by atoms with Crippen molar-refractivity contribution in [3.63, 3.8) is 0 Å². The second-order valence-electron chi connectivity index (χ2n) is 5.21. The molecule has 8 nitrogen and oxygen atoms in total. The van der Waals surface area contributed by atoms with E-state index in [9.17, 15) is 14.4 Å². The maximum atomic E-state index is 12.8. The van der Waals surface area contributed by atoms with Crippen molar-refractivity contribution in [3.8, 4) is 6.07 Å². The molecule has 2 aromatic rings. The molecule has 0 aliphatic carbocycles. The third-order valence-electron chi connectivity index (χ3n) is 3.56. The van der Waals surface area contributed by atoms with Gasteiger partial charge < -0.3 is 11.1 Å². The third kappa shape index (κ3) is 4.12. The first-order valence-electron chi connectivity index (χ1n) is 7.46. The first kappa shape index (κ1) is 19.3. The molecule has 0 radical (unpaired) electrons. The molecule has 0 saturated heterocycles. The Morgan fingerprint density at radius 1 is 1.42 bits per heavy atom. The molecule has 10 heteroatoms. The van der Waals surface area contributed by atoms with Crippen molar-refractivity contribution in [2.24, 2.45) is 0 Å². The predicted molar refractivity (Wildman–Crippen MR) is 99.4 cm³/mol. The second-order valence-corrected chi connectivity index (χ2v) is 6.01. The van der Waals surface area contributed by atoms with Crippen LogP contribution in [0.15, 0.2) is 29.3 Å². The average Bonchev–Trinajstić information content (AvgIpc) is 2.65. The van der Waals surface area contributed by atoms with Crippen LogP contribution in [0.2, 0.25) is 0 Å². The molecule has 0 aliphatic rings. The number of hydrogen-bond acceptors (Lipinski definition) is 7. The predicted octanol–water partition coefficient (Wildman–Crippen LogP) is 2.64. The van der Waals surface area contributed by atoms with Gasteiger partial charge >= 0.3 is 6.03 Å². The Bertz CT molecular complexity index is 855. The number of carbonyl (C=O) groups excluding carboxylic acids is 1. The summed E-state index contributed by atoms with van der Waals surface area (Å²) in [5, 5.41) is 15.1. The number of urea groups is 1. The molecule has 0 saturated carbocycles. The number of hydrazine groups is 1. The van der Waals surface area contributed by atoms with Crippen molar-refractivity contribution in [1.29, 1.82) is 5.26 Å². The zero-order chi connectivity index (χ0) is 19.3. The van der Waals surface area contributed by atoms with Crippen LogP contribution in [0.25, 0.3) is 0 Å². The Morgan fingerprint density at radius 2 is 2.15 bits per heavy atom. The molecule has 1 aromatic carbocycles. The molecule has 0 atom stereocenters. The molecule has 1 heterocycles. The van der Waals surface area contributed by atoms with Gasteiger partial charge in [0, 0.05) is 19.8 Å². The topological polar surface area (TPSA) is 111 Å². The number of aromatic nitrogens is 2. The highest BCUT2D eigenvalue weighted by atomic mass is 32.2. The van der Waals surface area contributed by atoms with Crippen LogP contribution in [0, 0.1) is 11.3 Å². The molecule has 2 rings (SSSR count). The summed E-state index contributed by atoms with van der Waals surface area (Å²) >= 11 is 1.26. The van der Waals surface area contributed by atoms with Gasteiger partial charge in [0.15, 0.2) is 5.82 Å². The van der Waals surface area contributed by atoms with Crippen molar-refractivity contribution < 1.29 is 9.18 Å². The molecule has 0 spiro atoms. The minimum absolute atomic E-state index is 0.000319. The summed E-state index contributed by atoms with van der Waals surface area (Å²) in [4.78, 5) is 20.6. The van der Waals surface area contributed by atoms with Crippen LogP contribution in [-0.2, 0) is 6.67 Å². The van der Waals surface area contributed by atoms with Gasteiger partial charge in [0.05, 0.1) is 0 Å². The minimum atomic E-state index is -0.622. The number of anilines is 3. The molecular weight excluding hydrogens is 357 g/mol. The molecule has 0 unspecified atom stereocenters. The van der Waals surface area contributed by atoms with Gasteiger partial charge in [0.2, 0.25) is 5.95 Å². The smallest absolute Gasteiger partial charge is 0.340 e. The molecule has 0 bridgehead atoms. The van der Waals surface area contributed by atoms with Crippen LogP contribution in [0.3, 0.4) is 0 Å². The van der Waals surface area contributed by atoms with Crippen LogP contribution in [-0.4, -0.2) is 41.4 Å². The molecule has 0 fully saturated rings. The lowest BCUT2D eigenvalue weighted by Crippen LogP contribution is -2.44. The molecule has 0 aliphatic heterocycles. The number of thioether (sulfide) groups is 1. The molecular formula is C16H18FN7OS. The fourth-order valence-electron chi connectivity index (χ4n) is 2.14. The van der Waals surface area contributed by atoms with E-state index in [0.29, 0.717) is 16.3 Å². The van der Waals surface area contributed by atoms with E-state index in [2.05, 4.69) is 15.3 Å². The average molecular weight is 375 g/mol. The zero-order valence-electron chi connectivity index (χ0n) is 14.5. The number of alkyl halides is 1. The lowest BCUT2D eigenvalue weighted by atomic mass is 10.2. The number of rotatable bonds is 5. The summed E-state index contributed by atoms with van der Waals surface area (Å²) < 4.78 is 12.8. The maximum absolute atomic E-state index is 12.8. The third-order valence-corrected chi connectivity index (χ3v) is 4.24. The summed E-state index contributed by atoms with van der Waals surface area (Å²) in [6.45, 7) is -0.622. The van der Waals surface area contributed by atoms with Gasteiger partial charge in [-0.1, -0.05) is 12.1 Å². The lowest BCUT2D eigenvalue weighted by molar-refractivity contribution is 0.220. The van der Waals surface area contributed by atoms with Crippen LogP contribution in [0.4, 0.5) is 26.6 Å². The van der Waals surface area contributed by atoms with Crippen LogP contribution < -0.4 is 16.1 Å². The van der Waals surface area contributed by atoms with Gasteiger partial charge in [0.1, 0.15) is 23.3 Å². The van der Waals surface area contributed by atoms with Gasteiger partial charge in [0.25, 0.3) is 0 Å². The Hall–Kier alpha value is -3.06. The van der Waals surface area contributed by atoms with Gasteiger partial charge in [-0.15, -0.1) is 11.8 Å². The second kappa shape index (κ2) is 8.35. The van der Waals surface area contributed by atoms with Crippen LogP contribution in [0.1, 0.15) is 11.1 Å². The Morgan fingerprint density at radius 3 is 2.77 bits per heavy atom. The molecule has 2 amide bonds. The highest BCUT2D eigenvalue weighted by Crippen LogP contribution is 2.27. The number of nitrogens with two attached hydrogens (primary N) is 1. The van der Waals surface area contributed by atoms with Crippen molar-refractivity contribution in [1.82, 2.24) is 15.0 Å². The van der Waals surface area contributed by atoms with Crippen LogP contribution >= 0.6 is 11.8 Å². The highest BCUT2D eigenvalue weighted by molar-refractivity contribution is 7.98. The number of nitrogens with zero attached hydrogens (tertiary/aromatic N) is 5. The SMILES string of the molecule is CSc1nc(N)nc(N(C)N(C)C(=O)Nc2cccc(CF)c2)c1C#N. The van der Waals surface area contributed by atoms with Gasteiger partial charge in [-0.05, 0) is 24.0 Å². The summed E-state index contributed by atoms with van der Waals surface area (Å²) in [6.07, 6.45) is 1.76. The van der Waals surface area contributed by atoms with Gasteiger partial charge in [-0.3, -0.25) is 5.01 Å². The van der Waals surface area contributed by atoms with E-state index >= 15 is 0 Å². The minimum Gasteiger partial charge on any atom is -0.368 e. The highest BCUT2D eigenvalue weighted by Gasteiger charge is 2.22. The quantitative estimate of drug-likeness (QED) is 0.469. The number of nitrogens with one attached hydrogen (secondary N) is 1.